The average molecular weight is 306 g/mol. The summed E-state index contributed by atoms with van der Waals surface area (Å²) < 4.78 is 5.60. The first-order valence-corrected chi connectivity index (χ1v) is 7.23. The van der Waals surface area contributed by atoms with Gasteiger partial charge in [-0.1, -0.05) is 23.7 Å². The third-order valence-electron chi connectivity index (χ3n) is 2.78. The second-order valence-corrected chi connectivity index (χ2v) is 6.30. The van der Waals surface area contributed by atoms with E-state index >= 15 is 0 Å². The van der Waals surface area contributed by atoms with E-state index in [0.717, 1.165) is 11.3 Å². The van der Waals surface area contributed by atoms with Gasteiger partial charge in [0.25, 0.3) is 0 Å². The number of aromatic nitrogens is 2. The van der Waals surface area contributed by atoms with Crippen LogP contribution in [0.4, 0.5) is 0 Å². The molecule has 2 aromatic rings. The number of nitrogens with zero attached hydrogens (tertiary/aromatic N) is 2. The van der Waals surface area contributed by atoms with Gasteiger partial charge in [0.05, 0.1) is 18.1 Å². The number of rotatable bonds is 5. The van der Waals surface area contributed by atoms with E-state index in [2.05, 4.69) is 36.1 Å². The van der Waals surface area contributed by atoms with Crippen LogP contribution in [0.3, 0.4) is 0 Å². The maximum absolute atomic E-state index is 5.84. The van der Waals surface area contributed by atoms with Crippen LogP contribution >= 0.6 is 11.6 Å². The summed E-state index contributed by atoms with van der Waals surface area (Å²) >= 11 is 5.84. The van der Waals surface area contributed by atoms with Gasteiger partial charge in [0.15, 0.2) is 0 Å². The number of nitrogens with one attached hydrogen (secondary N) is 1. The highest BCUT2D eigenvalue weighted by molar-refractivity contribution is 6.30. The van der Waals surface area contributed by atoms with Crippen molar-refractivity contribution in [2.45, 2.75) is 39.5 Å². The molecule has 5 heteroatoms. The van der Waals surface area contributed by atoms with Gasteiger partial charge in [0, 0.05) is 17.1 Å². The van der Waals surface area contributed by atoms with Crippen LogP contribution in [0.5, 0.6) is 5.88 Å². The van der Waals surface area contributed by atoms with Crippen molar-refractivity contribution < 1.29 is 4.74 Å². The molecule has 0 aliphatic carbocycles. The first kappa shape index (κ1) is 15.7. The molecule has 112 valence electrons. The van der Waals surface area contributed by atoms with Crippen molar-refractivity contribution >= 4 is 11.6 Å². The molecule has 1 N–H and O–H groups in total. The third kappa shape index (κ3) is 5.69. The molecule has 0 saturated carbocycles. The van der Waals surface area contributed by atoms with Crippen LogP contribution in [-0.4, -0.2) is 15.5 Å². The van der Waals surface area contributed by atoms with Crippen LogP contribution in [0.25, 0.3) is 0 Å². The highest BCUT2D eigenvalue weighted by Gasteiger charge is 2.09. The Kier molecular flexibility index (Phi) is 5.15. The summed E-state index contributed by atoms with van der Waals surface area (Å²) in [6.07, 6.45) is 3.38. The van der Waals surface area contributed by atoms with Crippen molar-refractivity contribution in [1.29, 1.82) is 0 Å². The van der Waals surface area contributed by atoms with Crippen LogP contribution in [0, 0.1) is 0 Å². The molecule has 0 atom stereocenters. The molecule has 0 spiro atoms. The Bertz CT molecular complexity index is 562. The highest BCUT2D eigenvalue weighted by atomic mass is 35.5. The van der Waals surface area contributed by atoms with Crippen LogP contribution in [0.15, 0.2) is 36.7 Å². The fraction of sp³-hybridized carbons (Fsp3) is 0.375. The summed E-state index contributed by atoms with van der Waals surface area (Å²) in [4.78, 5) is 8.60. The number of halogens is 1. The SMILES string of the molecule is CC(C)(C)NCc1cnc(OCc2ccc(Cl)cc2)cn1. The summed E-state index contributed by atoms with van der Waals surface area (Å²) in [7, 11) is 0. The van der Waals surface area contributed by atoms with Crippen LogP contribution in [0.2, 0.25) is 5.02 Å². The molecule has 0 aliphatic rings. The molecular weight excluding hydrogens is 286 g/mol. The third-order valence-corrected chi connectivity index (χ3v) is 3.03. The van der Waals surface area contributed by atoms with Gasteiger partial charge in [0.1, 0.15) is 6.61 Å². The van der Waals surface area contributed by atoms with Gasteiger partial charge in [-0.2, -0.15) is 0 Å². The summed E-state index contributed by atoms with van der Waals surface area (Å²) in [6, 6.07) is 7.54. The standard InChI is InChI=1S/C16H20ClN3O/c1-16(2,3)20-9-14-8-19-15(10-18-14)21-11-12-4-6-13(17)7-5-12/h4-8,10,20H,9,11H2,1-3H3. The van der Waals surface area contributed by atoms with Crippen LogP contribution in [-0.2, 0) is 13.2 Å². The van der Waals surface area contributed by atoms with Crippen molar-refractivity contribution in [3.63, 3.8) is 0 Å². The molecule has 0 bridgehead atoms. The Morgan fingerprint density at radius 2 is 1.81 bits per heavy atom. The maximum atomic E-state index is 5.84. The lowest BCUT2D eigenvalue weighted by Gasteiger charge is -2.19. The second-order valence-electron chi connectivity index (χ2n) is 5.86. The van der Waals surface area contributed by atoms with E-state index in [1.807, 2.05) is 24.3 Å². The smallest absolute Gasteiger partial charge is 0.232 e. The zero-order chi connectivity index (χ0) is 15.3. The van der Waals surface area contributed by atoms with Gasteiger partial charge in [-0.3, -0.25) is 4.98 Å². The normalized spacial score (nSPS) is 11.4. The zero-order valence-electron chi connectivity index (χ0n) is 12.6. The zero-order valence-corrected chi connectivity index (χ0v) is 13.3. The fourth-order valence-corrected chi connectivity index (χ4v) is 1.73. The molecular formula is C16H20ClN3O. The first-order valence-electron chi connectivity index (χ1n) is 6.85. The van der Waals surface area contributed by atoms with Gasteiger partial charge in [-0.15, -0.1) is 0 Å². The molecule has 21 heavy (non-hydrogen) atoms. The van der Waals surface area contributed by atoms with Crippen LogP contribution in [0.1, 0.15) is 32.0 Å². The van der Waals surface area contributed by atoms with Gasteiger partial charge in [-0.05, 0) is 38.5 Å². The number of hydrogen-bond acceptors (Lipinski definition) is 4. The van der Waals surface area contributed by atoms with Crippen LogP contribution < -0.4 is 10.1 Å². The molecule has 1 aromatic carbocycles. The second kappa shape index (κ2) is 6.87. The van der Waals surface area contributed by atoms with Crippen molar-refractivity contribution in [2.24, 2.45) is 0 Å². The Morgan fingerprint density at radius 1 is 1.10 bits per heavy atom. The molecule has 1 aromatic heterocycles. The average Bonchev–Trinajstić information content (AvgIpc) is 2.45. The quantitative estimate of drug-likeness (QED) is 0.917. The lowest BCUT2D eigenvalue weighted by molar-refractivity contribution is 0.292. The molecule has 0 aliphatic heterocycles. The number of ether oxygens (including phenoxy) is 1. The largest absolute Gasteiger partial charge is 0.472 e. The van der Waals surface area contributed by atoms with Gasteiger partial charge in [-0.25, -0.2) is 4.98 Å². The fourth-order valence-electron chi connectivity index (χ4n) is 1.60. The van der Waals surface area contributed by atoms with E-state index in [1.165, 1.54) is 0 Å². The molecule has 0 saturated heterocycles. The lowest BCUT2D eigenvalue weighted by Crippen LogP contribution is -2.35. The maximum Gasteiger partial charge on any atom is 0.232 e. The molecule has 4 nitrogen and oxygen atoms in total. The number of benzene rings is 1. The summed E-state index contributed by atoms with van der Waals surface area (Å²) in [5.41, 5.74) is 1.99. The molecule has 0 unspecified atom stereocenters. The molecule has 0 amide bonds. The minimum absolute atomic E-state index is 0.0609. The predicted octanol–water partition coefficient (Wildman–Crippen LogP) is 3.60. The van der Waals surface area contributed by atoms with E-state index in [9.17, 15) is 0 Å². The Hall–Kier alpha value is -1.65. The summed E-state index contributed by atoms with van der Waals surface area (Å²) in [5, 5.41) is 4.08. The summed E-state index contributed by atoms with van der Waals surface area (Å²) in [5.74, 6) is 0.518. The van der Waals surface area contributed by atoms with E-state index in [4.69, 9.17) is 16.3 Å². The van der Waals surface area contributed by atoms with E-state index in [1.54, 1.807) is 12.4 Å². The lowest BCUT2D eigenvalue weighted by atomic mass is 10.1. The van der Waals surface area contributed by atoms with E-state index < -0.39 is 0 Å². The molecule has 1 heterocycles. The van der Waals surface area contributed by atoms with Gasteiger partial charge >= 0.3 is 0 Å². The van der Waals surface area contributed by atoms with Crippen molar-refractivity contribution in [3.05, 3.63) is 52.9 Å². The van der Waals surface area contributed by atoms with Crippen molar-refractivity contribution in [2.75, 3.05) is 0 Å². The molecule has 2 rings (SSSR count). The topological polar surface area (TPSA) is 47.0 Å². The highest BCUT2D eigenvalue weighted by Crippen LogP contribution is 2.12. The Balaban J connectivity index is 1.86. The minimum Gasteiger partial charge on any atom is -0.472 e. The monoisotopic (exact) mass is 305 g/mol. The minimum atomic E-state index is 0.0609. The van der Waals surface area contributed by atoms with Crippen molar-refractivity contribution in [3.8, 4) is 5.88 Å². The first-order chi connectivity index (χ1) is 9.92. The number of hydrogen-bond donors (Lipinski definition) is 1. The van der Waals surface area contributed by atoms with E-state index in [0.29, 0.717) is 24.1 Å². The molecule has 0 radical (unpaired) electrons. The summed E-state index contributed by atoms with van der Waals surface area (Å²) in [6.45, 7) is 7.48. The van der Waals surface area contributed by atoms with Crippen molar-refractivity contribution in [1.82, 2.24) is 15.3 Å². The van der Waals surface area contributed by atoms with Gasteiger partial charge in [0.2, 0.25) is 5.88 Å². The van der Waals surface area contributed by atoms with E-state index in [-0.39, 0.29) is 5.54 Å². The van der Waals surface area contributed by atoms with Gasteiger partial charge < -0.3 is 10.1 Å². The predicted molar refractivity (Wildman–Crippen MR) is 84.4 cm³/mol. The molecule has 0 fully saturated rings. The Labute approximate surface area is 130 Å². The Morgan fingerprint density at radius 3 is 2.38 bits per heavy atom.